The second kappa shape index (κ2) is 6.61. The molecule has 0 spiro atoms. The fourth-order valence-corrected chi connectivity index (χ4v) is 4.05. The fourth-order valence-electron chi connectivity index (χ4n) is 3.14. The first-order valence-electron chi connectivity index (χ1n) is 7.89. The van der Waals surface area contributed by atoms with Crippen LogP contribution in [0.3, 0.4) is 0 Å². The first-order chi connectivity index (χ1) is 11.1. The van der Waals surface area contributed by atoms with Gasteiger partial charge in [-0.2, -0.15) is 14.6 Å². The van der Waals surface area contributed by atoms with E-state index in [1.807, 2.05) is 0 Å². The zero-order chi connectivity index (χ0) is 16.4. The third-order valence-corrected chi connectivity index (χ3v) is 5.35. The van der Waals surface area contributed by atoms with Crippen LogP contribution in [0.4, 0.5) is 11.5 Å². The number of nitro groups is 1. The summed E-state index contributed by atoms with van der Waals surface area (Å²) >= 11 is 1.28. The SMILES string of the molecule is Nc1nc2sc(CCC3CCCCCC3)nn2c(=O)c1[N+](=O)[O-]. The van der Waals surface area contributed by atoms with Crippen molar-refractivity contribution in [3.05, 3.63) is 25.5 Å². The molecule has 0 atom stereocenters. The smallest absolute Gasteiger partial charge is 0.377 e. The molecule has 8 nitrogen and oxygen atoms in total. The van der Waals surface area contributed by atoms with E-state index in [1.165, 1.54) is 49.9 Å². The van der Waals surface area contributed by atoms with Crippen LogP contribution < -0.4 is 11.3 Å². The quantitative estimate of drug-likeness (QED) is 0.520. The highest BCUT2D eigenvalue weighted by molar-refractivity contribution is 7.16. The van der Waals surface area contributed by atoms with Crippen molar-refractivity contribution in [2.75, 3.05) is 5.73 Å². The van der Waals surface area contributed by atoms with E-state index in [0.29, 0.717) is 10.9 Å². The highest BCUT2D eigenvalue weighted by atomic mass is 32.1. The third kappa shape index (κ3) is 3.34. The lowest BCUT2D eigenvalue weighted by atomic mass is 9.95. The molecular weight excluding hydrogens is 318 g/mol. The number of nitrogen functional groups attached to an aromatic ring is 1. The van der Waals surface area contributed by atoms with Crippen molar-refractivity contribution in [2.24, 2.45) is 5.92 Å². The van der Waals surface area contributed by atoms with Crippen LogP contribution >= 0.6 is 11.3 Å². The fraction of sp³-hybridized carbons (Fsp3) is 0.643. The highest BCUT2D eigenvalue weighted by Gasteiger charge is 2.23. The van der Waals surface area contributed by atoms with Gasteiger partial charge in [-0.05, 0) is 12.3 Å². The van der Waals surface area contributed by atoms with Crippen molar-refractivity contribution in [2.45, 2.75) is 51.4 Å². The van der Waals surface area contributed by atoms with Gasteiger partial charge < -0.3 is 5.73 Å². The van der Waals surface area contributed by atoms with E-state index in [-0.39, 0.29) is 5.82 Å². The maximum absolute atomic E-state index is 12.1. The van der Waals surface area contributed by atoms with Crippen molar-refractivity contribution in [3.63, 3.8) is 0 Å². The Balaban J connectivity index is 1.81. The summed E-state index contributed by atoms with van der Waals surface area (Å²) in [6.45, 7) is 0. The van der Waals surface area contributed by atoms with Crippen molar-refractivity contribution < 1.29 is 4.92 Å². The highest BCUT2D eigenvalue weighted by Crippen LogP contribution is 2.27. The zero-order valence-electron chi connectivity index (χ0n) is 12.7. The number of fused-ring (bicyclic) bond motifs is 1. The molecular formula is C14H19N5O3S. The second-order valence-corrected chi connectivity index (χ2v) is 7.03. The third-order valence-electron chi connectivity index (χ3n) is 4.38. The van der Waals surface area contributed by atoms with Gasteiger partial charge >= 0.3 is 11.2 Å². The van der Waals surface area contributed by atoms with Gasteiger partial charge in [0.1, 0.15) is 5.01 Å². The minimum Gasteiger partial charge on any atom is -0.378 e. The van der Waals surface area contributed by atoms with Gasteiger partial charge in [0.05, 0.1) is 4.92 Å². The van der Waals surface area contributed by atoms with Crippen LogP contribution in [0.15, 0.2) is 4.79 Å². The Morgan fingerprint density at radius 3 is 2.65 bits per heavy atom. The average Bonchev–Trinajstić information content (AvgIpc) is 2.73. The Morgan fingerprint density at radius 1 is 1.30 bits per heavy atom. The van der Waals surface area contributed by atoms with Crippen LogP contribution in [0.25, 0.3) is 4.96 Å². The van der Waals surface area contributed by atoms with Gasteiger partial charge in [0.15, 0.2) is 0 Å². The Bertz CT molecular complexity index is 777. The minimum atomic E-state index is -0.811. The van der Waals surface area contributed by atoms with Gasteiger partial charge in [0.2, 0.25) is 10.8 Å². The van der Waals surface area contributed by atoms with Crippen LogP contribution in [0, 0.1) is 16.0 Å². The summed E-state index contributed by atoms with van der Waals surface area (Å²) in [4.78, 5) is 26.5. The van der Waals surface area contributed by atoms with Crippen molar-refractivity contribution in [3.8, 4) is 0 Å². The molecule has 0 aliphatic heterocycles. The summed E-state index contributed by atoms with van der Waals surface area (Å²) in [5.41, 5.74) is 4.00. The maximum Gasteiger partial charge on any atom is 0.377 e. The summed E-state index contributed by atoms with van der Waals surface area (Å²) in [7, 11) is 0. The van der Waals surface area contributed by atoms with E-state index < -0.39 is 16.2 Å². The molecule has 2 aromatic rings. The molecule has 9 heteroatoms. The van der Waals surface area contributed by atoms with Crippen molar-refractivity contribution in [1.82, 2.24) is 14.6 Å². The monoisotopic (exact) mass is 337 g/mol. The largest absolute Gasteiger partial charge is 0.378 e. The predicted molar refractivity (Wildman–Crippen MR) is 87.7 cm³/mol. The number of hydrogen-bond acceptors (Lipinski definition) is 7. The Hall–Kier alpha value is -2.03. The second-order valence-electron chi connectivity index (χ2n) is 5.99. The molecule has 0 radical (unpaired) electrons. The van der Waals surface area contributed by atoms with E-state index in [2.05, 4.69) is 10.1 Å². The van der Waals surface area contributed by atoms with Crippen LogP contribution in [0.5, 0.6) is 0 Å². The molecule has 2 aromatic heterocycles. The van der Waals surface area contributed by atoms with E-state index in [4.69, 9.17) is 5.73 Å². The molecule has 1 aliphatic rings. The molecule has 2 N–H and O–H groups in total. The number of anilines is 1. The van der Waals surface area contributed by atoms with Crippen LogP contribution in [-0.4, -0.2) is 19.5 Å². The Labute approximate surface area is 136 Å². The molecule has 3 rings (SSSR count). The van der Waals surface area contributed by atoms with Gasteiger partial charge in [0.25, 0.3) is 0 Å². The summed E-state index contributed by atoms with van der Waals surface area (Å²) in [5, 5.41) is 15.9. The first-order valence-corrected chi connectivity index (χ1v) is 8.70. The van der Waals surface area contributed by atoms with Gasteiger partial charge in [-0.3, -0.25) is 14.9 Å². The predicted octanol–water partition coefficient (Wildman–Crippen LogP) is 2.54. The summed E-state index contributed by atoms with van der Waals surface area (Å²) in [6.07, 6.45) is 9.52. The van der Waals surface area contributed by atoms with Crippen molar-refractivity contribution >= 4 is 27.8 Å². The summed E-state index contributed by atoms with van der Waals surface area (Å²) < 4.78 is 1.00. The standard InChI is InChI=1S/C14H19N5O3S/c15-12-11(19(21)22)13(20)18-14(16-12)23-10(17-18)8-7-9-5-3-1-2-4-6-9/h9H,1-8,15H2. The number of hydrogen-bond donors (Lipinski definition) is 1. The molecule has 2 heterocycles. The van der Waals surface area contributed by atoms with E-state index in [0.717, 1.165) is 22.4 Å². The van der Waals surface area contributed by atoms with Gasteiger partial charge in [-0.1, -0.05) is 49.9 Å². The molecule has 1 fully saturated rings. The molecule has 0 aromatic carbocycles. The molecule has 0 amide bonds. The number of nitrogens with zero attached hydrogens (tertiary/aromatic N) is 4. The number of rotatable bonds is 4. The van der Waals surface area contributed by atoms with Crippen LogP contribution in [0.1, 0.15) is 50.0 Å². The zero-order valence-corrected chi connectivity index (χ0v) is 13.5. The molecule has 1 aliphatic carbocycles. The lowest BCUT2D eigenvalue weighted by molar-refractivity contribution is -0.385. The minimum absolute atomic E-state index is 0.314. The Morgan fingerprint density at radius 2 is 2.00 bits per heavy atom. The van der Waals surface area contributed by atoms with Gasteiger partial charge in [-0.25, -0.2) is 0 Å². The molecule has 23 heavy (non-hydrogen) atoms. The lowest BCUT2D eigenvalue weighted by Gasteiger charge is -2.11. The van der Waals surface area contributed by atoms with Gasteiger partial charge in [-0.15, -0.1) is 0 Å². The van der Waals surface area contributed by atoms with Crippen LogP contribution in [-0.2, 0) is 6.42 Å². The average molecular weight is 337 g/mol. The normalized spacial score (nSPS) is 16.5. The molecule has 0 unspecified atom stereocenters. The van der Waals surface area contributed by atoms with E-state index in [9.17, 15) is 14.9 Å². The van der Waals surface area contributed by atoms with E-state index >= 15 is 0 Å². The van der Waals surface area contributed by atoms with Gasteiger partial charge in [0, 0.05) is 6.42 Å². The molecule has 0 bridgehead atoms. The maximum atomic E-state index is 12.1. The van der Waals surface area contributed by atoms with Crippen molar-refractivity contribution in [1.29, 1.82) is 0 Å². The lowest BCUT2D eigenvalue weighted by Crippen LogP contribution is -2.20. The topological polar surface area (TPSA) is 116 Å². The molecule has 124 valence electrons. The van der Waals surface area contributed by atoms with Crippen LogP contribution in [0.2, 0.25) is 0 Å². The summed E-state index contributed by atoms with van der Waals surface area (Å²) in [6, 6.07) is 0. The number of aryl methyl sites for hydroxylation is 1. The first kappa shape index (κ1) is 15.9. The number of aromatic nitrogens is 3. The summed E-state index contributed by atoms with van der Waals surface area (Å²) in [5.74, 6) is 0.354. The number of nitrogens with two attached hydrogens (primary N) is 1. The molecule has 0 saturated heterocycles. The van der Waals surface area contributed by atoms with E-state index in [1.54, 1.807) is 0 Å². The molecule has 1 saturated carbocycles. The Kier molecular flexibility index (Phi) is 4.56.